The van der Waals surface area contributed by atoms with Crippen LogP contribution in [0.5, 0.6) is 0 Å². The van der Waals surface area contributed by atoms with E-state index in [4.69, 9.17) is 4.42 Å². The molecule has 0 aliphatic rings. The largest absolute Gasteiger partial charge is 0.423 e. The first kappa shape index (κ1) is 16.6. The average Bonchev–Trinajstić information content (AvgIpc) is 3.23. The van der Waals surface area contributed by atoms with Crippen molar-refractivity contribution in [2.24, 2.45) is 0 Å². The molecule has 0 spiro atoms. The normalized spacial score (nSPS) is 10.8. The van der Waals surface area contributed by atoms with E-state index in [-0.39, 0.29) is 24.4 Å². The van der Waals surface area contributed by atoms with E-state index in [0.29, 0.717) is 28.0 Å². The molecule has 0 bridgehead atoms. The lowest BCUT2D eigenvalue weighted by Gasteiger charge is -2.08. The number of hydrogen-bond acceptors (Lipinski definition) is 6. The SMILES string of the molecule is O=C(CCn1cnc2ccccc2c1=O)Nc1cccc(-c2nnco2)c1. The van der Waals surface area contributed by atoms with Crippen LogP contribution in [0.15, 0.2) is 70.5 Å². The Morgan fingerprint density at radius 2 is 2.04 bits per heavy atom. The second-order valence-electron chi connectivity index (χ2n) is 5.88. The summed E-state index contributed by atoms with van der Waals surface area (Å²) in [4.78, 5) is 29.0. The molecule has 0 fully saturated rings. The van der Waals surface area contributed by atoms with Gasteiger partial charge in [0.15, 0.2) is 0 Å². The Morgan fingerprint density at radius 3 is 2.89 bits per heavy atom. The van der Waals surface area contributed by atoms with Crippen LogP contribution < -0.4 is 10.9 Å². The van der Waals surface area contributed by atoms with Crippen molar-refractivity contribution in [3.63, 3.8) is 0 Å². The maximum Gasteiger partial charge on any atom is 0.261 e. The standard InChI is InChI=1S/C19H15N5O3/c25-17(22-14-5-3-4-13(10-14)18-23-21-12-27-18)8-9-24-11-20-16-7-2-1-6-15(16)19(24)26/h1-7,10-12H,8-9H2,(H,22,25). The topological polar surface area (TPSA) is 103 Å². The van der Waals surface area contributed by atoms with E-state index >= 15 is 0 Å². The number of rotatable bonds is 5. The van der Waals surface area contributed by atoms with Gasteiger partial charge in [0.05, 0.1) is 17.2 Å². The highest BCUT2D eigenvalue weighted by molar-refractivity contribution is 5.91. The van der Waals surface area contributed by atoms with E-state index in [1.807, 2.05) is 12.1 Å². The third-order valence-corrected chi connectivity index (χ3v) is 4.06. The Hall–Kier alpha value is -3.81. The molecule has 2 aromatic carbocycles. The first-order chi connectivity index (χ1) is 13.2. The quantitative estimate of drug-likeness (QED) is 0.586. The van der Waals surface area contributed by atoms with E-state index < -0.39 is 0 Å². The number of nitrogens with one attached hydrogen (secondary N) is 1. The van der Waals surface area contributed by atoms with Crippen LogP contribution >= 0.6 is 0 Å². The summed E-state index contributed by atoms with van der Waals surface area (Å²) in [6.45, 7) is 0.242. The lowest BCUT2D eigenvalue weighted by Crippen LogP contribution is -2.23. The molecule has 1 N–H and O–H groups in total. The summed E-state index contributed by atoms with van der Waals surface area (Å²) in [5, 5.41) is 10.8. The van der Waals surface area contributed by atoms with Crippen molar-refractivity contribution in [2.45, 2.75) is 13.0 Å². The Kier molecular flexibility index (Phi) is 4.44. The van der Waals surface area contributed by atoms with Crippen LogP contribution in [0.1, 0.15) is 6.42 Å². The van der Waals surface area contributed by atoms with Gasteiger partial charge < -0.3 is 9.73 Å². The Labute approximate surface area is 153 Å². The highest BCUT2D eigenvalue weighted by Crippen LogP contribution is 2.20. The molecule has 0 atom stereocenters. The summed E-state index contributed by atoms with van der Waals surface area (Å²) in [5.74, 6) is 0.164. The molecule has 134 valence electrons. The molecule has 8 heteroatoms. The van der Waals surface area contributed by atoms with E-state index in [1.54, 1.807) is 36.4 Å². The van der Waals surface area contributed by atoms with Gasteiger partial charge in [-0.15, -0.1) is 10.2 Å². The molecule has 4 rings (SSSR count). The van der Waals surface area contributed by atoms with Crippen molar-refractivity contribution in [1.29, 1.82) is 0 Å². The van der Waals surface area contributed by atoms with Gasteiger partial charge in [-0.2, -0.15) is 0 Å². The van der Waals surface area contributed by atoms with Gasteiger partial charge in [0.25, 0.3) is 5.56 Å². The molecule has 0 saturated heterocycles. The van der Waals surface area contributed by atoms with E-state index in [0.717, 1.165) is 0 Å². The van der Waals surface area contributed by atoms with Gasteiger partial charge in [-0.1, -0.05) is 18.2 Å². The van der Waals surface area contributed by atoms with Crippen LogP contribution in [-0.4, -0.2) is 25.7 Å². The van der Waals surface area contributed by atoms with Crippen molar-refractivity contribution in [2.75, 3.05) is 5.32 Å². The van der Waals surface area contributed by atoms with Crippen molar-refractivity contribution in [3.8, 4) is 11.5 Å². The second kappa shape index (κ2) is 7.20. The number of carbonyl (C=O) groups is 1. The molecule has 27 heavy (non-hydrogen) atoms. The molecule has 4 aromatic rings. The predicted molar refractivity (Wildman–Crippen MR) is 99.0 cm³/mol. The molecule has 0 aliphatic heterocycles. The fourth-order valence-corrected chi connectivity index (χ4v) is 2.74. The third-order valence-electron chi connectivity index (χ3n) is 4.06. The van der Waals surface area contributed by atoms with Crippen LogP contribution in [0.3, 0.4) is 0 Å². The van der Waals surface area contributed by atoms with E-state index in [1.165, 1.54) is 17.3 Å². The molecule has 0 unspecified atom stereocenters. The van der Waals surface area contributed by atoms with Crippen LogP contribution in [0.2, 0.25) is 0 Å². The van der Waals surface area contributed by atoms with Crippen LogP contribution in [-0.2, 0) is 11.3 Å². The molecule has 2 aromatic heterocycles. The highest BCUT2D eigenvalue weighted by atomic mass is 16.4. The molecular formula is C19H15N5O3. The Balaban J connectivity index is 1.44. The van der Waals surface area contributed by atoms with Crippen molar-refractivity contribution in [1.82, 2.24) is 19.7 Å². The van der Waals surface area contributed by atoms with Gasteiger partial charge in [0, 0.05) is 24.2 Å². The number of fused-ring (bicyclic) bond motifs is 1. The Bertz CT molecular complexity index is 1150. The molecule has 1 amide bonds. The number of anilines is 1. The summed E-state index contributed by atoms with van der Waals surface area (Å²) in [6.07, 6.45) is 2.86. The number of amides is 1. The average molecular weight is 361 g/mol. The van der Waals surface area contributed by atoms with Crippen molar-refractivity contribution < 1.29 is 9.21 Å². The number of carbonyl (C=O) groups excluding carboxylic acids is 1. The third kappa shape index (κ3) is 3.59. The number of nitrogens with zero attached hydrogens (tertiary/aromatic N) is 4. The summed E-state index contributed by atoms with van der Waals surface area (Å²) in [5.41, 5.74) is 1.80. The van der Waals surface area contributed by atoms with E-state index in [2.05, 4.69) is 20.5 Å². The first-order valence-electron chi connectivity index (χ1n) is 8.31. The zero-order valence-corrected chi connectivity index (χ0v) is 14.2. The van der Waals surface area contributed by atoms with Gasteiger partial charge in [0.2, 0.25) is 18.2 Å². The van der Waals surface area contributed by atoms with Gasteiger partial charge >= 0.3 is 0 Å². The molecule has 2 heterocycles. The summed E-state index contributed by atoms with van der Waals surface area (Å²) < 4.78 is 6.59. The smallest absolute Gasteiger partial charge is 0.261 e. The van der Waals surface area contributed by atoms with Crippen LogP contribution in [0.25, 0.3) is 22.4 Å². The minimum absolute atomic E-state index is 0.144. The fourth-order valence-electron chi connectivity index (χ4n) is 2.74. The fraction of sp³-hybridized carbons (Fsp3) is 0.105. The summed E-state index contributed by atoms with van der Waals surface area (Å²) in [6, 6.07) is 14.2. The monoisotopic (exact) mass is 361 g/mol. The number of aromatic nitrogens is 4. The zero-order valence-electron chi connectivity index (χ0n) is 14.2. The molecule has 8 nitrogen and oxygen atoms in total. The number of benzene rings is 2. The van der Waals surface area contributed by atoms with Gasteiger partial charge in [-0.05, 0) is 30.3 Å². The maximum atomic E-state index is 12.4. The van der Waals surface area contributed by atoms with Gasteiger partial charge in [-0.3, -0.25) is 14.2 Å². The number of aryl methyl sites for hydroxylation is 1. The zero-order chi connectivity index (χ0) is 18.6. The molecular weight excluding hydrogens is 346 g/mol. The highest BCUT2D eigenvalue weighted by Gasteiger charge is 2.09. The van der Waals surface area contributed by atoms with Gasteiger partial charge in [0.1, 0.15) is 0 Å². The summed E-state index contributed by atoms with van der Waals surface area (Å²) >= 11 is 0. The number of hydrogen-bond donors (Lipinski definition) is 1. The summed E-state index contributed by atoms with van der Waals surface area (Å²) in [7, 11) is 0. The van der Waals surface area contributed by atoms with Gasteiger partial charge in [-0.25, -0.2) is 4.98 Å². The van der Waals surface area contributed by atoms with Crippen LogP contribution in [0.4, 0.5) is 5.69 Å². The Morgan fingerprint density at radius 1 is 1.15 bits per heavy atom. The predicted octanol–water partition coefficient (Wildman–Crippen LogP) is 2.48. The lowest BCUT2D eigenvalue weighted by molar-refractivity contribution is -0.116. The minimum atomic E-state index is -0.210. The lowest BCUT2D eigenvalue weighted by atomic mass is 10.2. The minimum Gasteiger partial charge on any atom is -0.423 e. The molecule has 0 aliphatic carbocycles. The van der Waals surface area contributed by atoms with Crippen LogP contribution in [0, 0.1) is 0 Å². The molecule has 0 radical (unpaired) electrons. The van der Waals surface area contributed by atoms with Crippen molar-refractivity contribution in [3.05, 3.63) is 71.6 Å². The van der Waals surface area contributed by atoms with E-state index in [9.17, 15) is 9.59 Å². The molecule has 0 saturated carbocycles. The van der Waals surface area contributed by atoms with Crippen molar-refractivity contribution >= 4 is 22.5 Å². The number of para-hydroxylation sites is 1. The maximum absolute atomic E-state index is 12.4. The second-order valence-corrected chi connectivity index (χ2v) is 5.88. The first-order valence-corrected chi connectivity index (χ1v) is 8.31.